The van der Waals surface area contributed by atoms with E-state index in [2.05, 4.69) is 20.3 Å². The molecule has 3 aromatic heterocycles. The number of benzene rings is 1. The van der Waals surface area contributed by atoms with E-state index in [0.717, 1.165) is 11.3 Å². The number of halogens is 1. The zero-order valence-electron chi connectivity index (χ0n) is 14.7. The number of pyridine rings is 2. The third kappa shape index (κ3) is 3.27. The molecule has 0 atom stereocenters. The van der Waals surface area contributed by atoms with Gasteiger partial charge >= 0.3 is 0 Å². The lowest BCUT2D eigenvalue weighted by molar-refractivity contribution is 0.628. The number of anilines is 1. The summed E-state index contributed by atoms with van der Waals surface area (Å²) in [5.41, 5.74) is 3.88. The molecule has 27 heavy (non-hydrogen) atoms. The van der Waals surface area contributed by atoms with Crippen LogP contribution in [-0.4, -0.2) is 27.0 Å². The fourth-order valence-electron chi connectivity index (χ4n) is 2.94. The molecule has 0 unspecified atom stereocenters. The molecule has 4 aromatic rings. The number of aromatic amines is 1. The molecule has 0 saturated carbocycles. The van der Waals surface area contributed by atoms with E-state index in [0.29, 0.717) is 33.9 Å². The molecule has 0 spiro atoms. The largest absolute Gasteiger partial charge is 0.373 e. The lowest BCUT2D eigenvalue weighted by Crippen LogP contribution is -2.06. The van der Waals surface area contributed by atoms with Gasteiger partial charge in [-0.15, -0.1) is 0 Å². The van der Waals surface area contributed by atoms with Crippen molar-refractivity contribution in [3.63, 3.8) is 0 Å². The van der Waals surface area contributed by atoms with Crippen LogP contribution in [0.5, 0.6) is 0 Å². The average Bonchev–Trinajstić information content (AvgIpc) is 2.66. The third-order valence-corrected chi connectivity index (χ3v) is 4.14. The lowest BCUT2D eigenvalue weighted by atomic mass is 10.0. The van der Waals surface area contributed by atoms with Gasteiger partial charge in [0.2, 0.25) is 5.56 Å². The lowest BCUT2D eigenvalue weighted by Gasteiger charge is -2.12. The van der Waals surface area contributed by atoms with Crippen molar-refractivity contribution in [3.8, 4) is 22.5 Å². The summed E-state index contributed by atoms with van der Waals surface area (Å²) >= 11 is 0. The number of nitrogens with one attached hydrogen (secondary N) is 2. The summed E-state index contributed by atoms with van der Waals surface area (Å²) in [5.74, 6) is 0.322. The zero-order chi connectivity index (χ0) is 19.0. The van der Waals surface area contributed by atoms with Crippen LogP contribution in [0.3, 0.4) is 0 Å². The highest BCUT2D eigenvalue weighted by Gasteiger charge is 2.15. The van der Waals surface area contributed by atoms with Crippen LogP contribution in [0, 0.1) is 12.7 Å². The summed E-state index contributed by atoms with van der Waals surface area (Å²) in [7, 11) is 1.79. The molecule has 0 bridgehead atoms. The van der Waals surface area contributed by atoms with Gasteiger partial charge < -0.3 is 10.3 Å². The van der Waals surface area contributed by atoms with E-state index in [4.69, 9.17) is 4.98 Å². The Balaban J connectivity index is 2.06. The maximum absolute atomic E-state index is 13.8. The van der Waals surface area contributed by atoms with Crippen molar-refractivity contribution in [1.82, 2.24) is 19.9 Å². The van der Waals surface area contributed by atoms with Gasteiger partial charge in [0.05, 0.1) is 11.4 Å². The van der Waals surface area contributed by atoms with Crippen molar-refractivity contribution in [2.45, 2.75) is 6.92 Å². The van der Waals surface area contributed by atoms with E-state index in [-0.39, 0.29) is 11.4 Å². The van der Waals surface area contributed by atoms with Gasteiger partial charge in [0.1, 0.15) is 17.2 Å². The number of aryl methyl sites for hydroxylation is 1. The first-order valence-electron chi connectivity index (χ1n) is 8.37. The van der Waals surface area contributed by atoms with E-state index in [1.807, 2.05) is 19.1 Å². The Morgan fingerprint density at radius 1 is 0.963 bits per heavy atom. The minimum Gasteiger partial charge on any atom is -0.373 e. The van der Waals surface area contributed by atoms with Gasteiger partial charge in [-0.3, -0.25) is 4.79 Å². The molecule has 3 heterocycles. The van der Waals surface area contributed by atoms with Gasteiger partial charge in [-0.1, -0.05) is 12.1 Å². The van der Waals surface area contributed by atoms with Crippen LogP contribution >= 0.6 is 0 Å². The standard InChI is InChI=1S/C20H16FN5O/c1-11-8-13(10-16(22-2)23-11)19-18(12-4-3-5-14(21)9-12)26-20-15(24-19)6-7-17(27)25-20/h3-10H,1-2H3,(H,22,23)(H,25,26,27). The van der Waals surface area contributed by atoms with Crippen LogP contribution < -0.4 is 10.9 Å². The maximum atomic E-state index is 13.8. The van der Waals surface area contributed by atoms with Gasteiger partial charge in [-0.2, -0.15) is 0 Å². The van der Waals surface area contributed by atoms with Crippen molar-refractivity contribution in [1.29, 1.82) is 0 Å². The Hall–Kier alpha value is -3.61. The third-order valence-electron chi connectivity index (χ3n) is 4.14. The summed E-state index contributed by atoms with van der Waals surface area (Å²) in [6, 6.07) is 12.9. The second kappa shape index (κ2) is 6.60. The SMILES string of the molecule is CNc1cc(-c2nc3ccc(=O)[nH]c3nc2-c2cccc(F)c2)cc(C)n1. The summed E-state index contributed by atoms with van der Waals surface area (Å²) in [4.78, 5) is 28.0. The highest BCUT2D eigenvalue weighted by Crippen LogP contribution is 2.32. The number of hydrogen-bond donors (Lipinski definition) is 2. The molecule has 0 fully saturated rings. The van der Waals surface area contributed by atoms with E-state index in [9.17, 15) is 9.18 Å². The average molecular weight is 361 g/mol. The van der Waals surface area contributed by atoms with Crippen LogP contribution in [0.1, 0.15) is 5.69 Å². The molecular formula is C20H16FN5O. The molecule has 0 aliphatic carbocycles. The first-order valence-corrected chi connectivity index (χ1v) is 8.37. The highest BCUT2D eigenvalue weighted by atomic mass is 19.1. The molecule has 134 valence electrons. The fraction of sp³-hybridized carbons (Fsp3) is 0.100. The number of fused-ring (bicyclic) bond motifs is 1. The predicted molar refractivity (Wildman–Crippen MR) is 103 cm³/mol. The Kier molecular flexibility index (Phi) is 4.12. The smallest absolute Gasteiger partial charge is 0.249 e. The van der Waals surface area contributed by atoms with E-state index >= 15 is 0 Å². The fourth-order valence-corrected chi connectivity index (χ4v) is 2.94. The van der Waals surface area contributed by atoms with Crippen molar-refractivity contribution < 1.29 is 4.39 Å². The number of hydrogen-bond acceptors (Lipinski definition) is 5. The number of aromatic nitrogens is 4. The topological polar surface area (TPSA) is 83.6 Å². The minimum atomic E-state index is -0.372. The van der Waals surface area contributed by atoms with Crippen LogP contribution in [0.4, 0.5) is 10.2 Å². The van der Waals surface area contributed by atoms with Gasteiger partial charge in [0, 0.05) is 29.9 Å². The van der Waals surface area contributed by atoms with Gasteiger partial charge in [-0.05, 0) is 37.3 Å². The summed E-state index contributed by atoms with van der Waals surface area (Å²) in [6.07, 6.45) is 0. The van der Waals surface area contributed by atoms with Crippen molar-refractivity contribution >= 4 is 17.0 Å². The normalized spacial score (nSPS) is 10.9. The van der Waals surface area contributed by atoms with E-state index in [1.165, 1.54) is 18.2 Å². The second-order valence-corrected chi connectivity index (χ2v) is 6.12. The zero-order valence-corrected chi connectivity index (χ0v) is 14.7. The molecule has 0 aliphatic heterocycles. The summed E-state index contributed by atoms with van der Waals surface area (Å²) in [5, 5.41) is 3.02. The van der Waals surface area contributed by atoms with Gasteiger partial charge in [0.25, 0.3) is 0 Å². The van der Waals surface area contributed by atoms with Crippen molar-refractivity contribution in [2.24, 2.45) is 0 Å². The van der Waals surface area contributed by atoms with E-state index in [1.54, 1.807) is 25.2 Å². The molecule has 4 rings (SSSR count). The number of nitrogens with zero attached hydrogens (tertiary/aromatic N) is 3. The minimum absolute atomic E-state index is 0.271. The van der Waals surface area contributed by atoms with Crippen LogP contribution in [0.25, 0.3) is 33.7 Å². The molecular weight excluding hydrogens is 345 g/mol. The molecule has 6 nitrogen and oxygen atoms in total. The molecule has 0 aliphatic rings. The first kappa shape index (κ1) is 16.8. The number of rotatable bonds is 3. The summed E-state index contributed by atoms with van der Waals surface area (Å²) < 4.78 is 13.8. The van der Waals surface area contributed by atoms with E-state index < -0.39 is 0 Å². The molecule has 7 heteroatoms. The van der Waals surface area contributed by atoms with Gasteiger partial charge in [-0.25, -0.2) is 19.3 Å². The Morgan fingerprint density at radius 3 is 2.56 bits per heavy atom. The van der Waals surface area contributed by atoms with Crippen LogP contribution in [0.2, 0.25) is 0 Å². The Bertz CT molecular complexity index is 1220. The molecule has 2 N–H and O–H groups in total. The van der Waals surface area contributed by atoms with Crippen molar-refractivity contribution in [3.05, 3.63) is 70.4 Å². The number of H-pyrrole nitrogens is 1. The maximum Gasteiger partial charge on any atom is 0.249 e. The molecule has 0 saturated heterocycles. The highest BCUT2D eigenvalue weighted by molar-refractivity contribution is 5.85. The Morgan fingerprint density at radius 2 is 1.78 bits per heavy atom. The summed E-state index contributed by atoms with van der Waals surface area (Å²) in [6.45, 7) is 1.89. The van der Waals surface area contributed by atoms with Crippen molar-refractivity contribution in [2.75, 3.05) is 12.4 Å². The molecule has 0 amide bonds. The van der Waals surface area contributed by atoms with Crippen LogP contribution in [0.15, 0.2) is 53.3 Å². The first-order chi connectivity index (χ1) is 13.0. The second-order valence-electron chi connectivity index (χ2n) is 6.12. The van der Waals surface area contributed by atoms with Gasteiger partial charge in [0.15, 0.2) is 5.65 Å². The Labute approximate surface area is 154 Å². The predicted octanol–water partition coefficient (Wildman–Crippen LogP) is 3.54. The monoisotopic (exact) mass is 361 g/mol. The molecule has 0 radical (unpaired) electrons. The molecule has 1 aromatic carbocycles. The quantitative estimate of drug-likeness (QED) is 0.583. The van der Waals surface area contributed by atoms with Crippen LogP contribution in [-0.2, 0) is 0 Å².